The maximum absolute atomic E-state index is 13.8. The maximum atomic E-state index is 13.8. The molecule has 6 rings (SSSR count). The number of carbonyl (C=O) groups excluding carboxylic acids is 1. The van der Waals surface area contributed by atoms with E-state index in [0.29, 0.717) is 31.2 Å². The molecule has 1 amide bonds. The number of anilines is 1. The number of aromatic nitrogens is 4. The molecule has 1 aromatic carbocycles. The number of imidazole rings is 1. The van der Waals surface area contributed by atoms with Gasteiger partial charge >= 0.3 is 5.97 Å². The fraction of sp³-hybridized carbons (Fsp3) is 0.379. The second-order valence-electron chi connectivity index (χ2n) is 10.4. The summed E-state index contributed by atoms with van der Waals surface area (Å²) in [7, 11) is 0. The highest BCUT2D eigenvalue weighted by Crippen LogP contribution is 2.34. The Hall–Kier alpha value is -3.98. The van der Waals surface area contributed by atoms with E-state index in [-0.39, 0.29) is 29.2 Å². The van der Waals surface area contributed by atoms with Crippen LogP contribution in [0.25, 0.3) is 22.6 Å². The molecule has 1 aliphatic carbocycles. The summed E-state index contributed by atoms with van der Waals surface area (Å²) < 4.78 is 9.11. The van der Waals surface area contributed by atoms with Gasteiger partial charge in [0.15, 0.2) is 5.82 Å². The first-order valence-corrected chi connectivity index (χ1v) is 13.3. The molecule has 2 aliphatic rings. The molecule has 38 heavy (non-hydrogen) atoms. The van der Waals surface area contributed by atoms with Gasteiger partial charge in [-0.2, -0.15) is 0 Å². The lowest BCUT2D eigenvalue weighted by molar-refractivity contribution is -0.124. The van der Waals surface area contributed by atoms with Crippen molar-refractivity contribution in [1.29, 1.82) is 0 Å². The Balaban J connectivity index is 1.33. The first-order chi connectivity index (χ1) is 18.5. The van der Waals surface area contributed by atoms with Crippen molar-refractivity contribution in [2.75, 3.05) is 18.1 Å². The van der Waals surface area contributed by atoms with Crippen LogP contribution in [0.1, 0.15) is 49.4 Å². The number of benzene rings is 1. The van der Waals surface area contributed by atoms with Crippen molar-refractivity contribution in [3.8, 4) is 16.9 Å². The molecule has 1 saturated heterocycles. The lowest BCUT2D eigenvalue weighted by Gasteiger charge is -2.33. The van der Waals surface area contributed by atoms with Crippen LogP contribution < -0.4 is 4.90 Å². The molecule has 4 aromatic rings. The molecule has 0 radical (unpaired) electrons. The van der Waals surface area contributed by atoms with Crippen LogP contribution in [0.5, 0.6) is 0 Å². The summed E-state index contributed by atoms with van der Waals surface area (Å²) >= 11 is 0. The predicted octanol–water partition coefficient (Wildman–Crippen LogP) is 4.83. The SMILES string of the molecule is C[C@H]1CC[C@H](C(=O)N(c2nn(-c3ccc(-c4cn5ccccc5n4)cc3)cc2C(=O)O)C2CCOC2)CC1. The van der Waals surface area contributed by atoms with E-state index >= 15 is 0 Å². The molecule has 0 bridgehead atoms. The average Bonchev–Trinajstić information content (AvgIpc) is 3.69. The Morgan fingerprint density at radius 3 is 2.50 bits per heavy atom. The lowest BCUT2D eigenvalue weighted by Crippen LogP contribution is -2.46. The van der Waals surface area contributed by atoms with Crippen molar-refractivity contribution in [3.05, 3.63) is 66.6 Å². The third-order valence-corrected chi connectivity index (χ3v) is 7.82. The molecular weight excluding hydrogens is 482 g/mol. The molecule has 4 heterocycles. The van der Waals surface area contributed by atoms with Gasteiger partial charge in [-0.1, -0.05) is 25.1 Å². The van der Waals surface area contributed by atoms with Gasteiger partial charge in [0.25, 0.3) is 0 Å². The zero-order valence-electron chi connectivity index (χ0n) is 21.4. The van der Waals surface area contributed by atoms with Gasteiger partial charge in [-0.25, -0.2) is 14.5 Å². The molecule has 1 unspecified atom stereocenters. The van der Waals surface area contributed by atoms with E-state index in [1.54, 1.807) is 9.58 Å². The monoisotopic (exact) mass is 513 g/mol. The van der Waals surface area contributed by atoms with E-state index in [0.717, 1.165) is 42.6 Å². The van der Waals surface area contributed by atoms with Gasteiger partial charge in [0.1, 0.15) is 11.2 Å². The molecular formula is C29H31N5O4. The first kappa shape index (κ1) is 24.4. The molecule has 9 nitrogen and oxygen atoms in total. The number of carboxylic acid groups (broad SMARTS) is 1. The van der Waals surface area contributed by atoms with Crippen molar-refractivity contribution in [2.24, 2.45) is 11.8 Å². The molecule has 0 spiro atoms. The number of hydrogen-bond acceptors (Lipinski definition) is 5. The minimum atomic E-state index is -1.11. The number of hydrogen-bond donors (Lipinski definition) is 1. The van der Waals surface area contributed by atoms with Crippen LogP contribution in [-0.4, -0.2) is 55.4 Å². The lowest BCUT2D eigenvalue weighted by atomic mass is 9.82. The van der Waals surface area contributed by atoms with Crippen LogP contribution in [0, 0.1) is 11.8 Å². The quantitative estimate of drug-likeness (QED) is 0.396. The fourth-order valence-electron chi connectivity index (χ4n) is 5.57. The number of carbonyl (C=O) groups is 2. The van der Waals surface area contributed by atoms with Crippen molar-refractivity contribution in [2.45, 2.75) is 45.1 Å². The van der Waals surface area contributed by atoms with Crippen LogP contribution in [0.2, 0.25) is 0 Å². The highest BCUT2D eigenvalue weighted by molar-refractivity contribution is 6.02. The Bertz CT molecular complexity index is 1430. The van der Waals surface area contributed by atoms with Gasteiger partial charge in [-0.05, 0) is 62.3 Å². The number of nitrogens with zero attached hydrogens (tertiary/aromatic N) is 5. The summed E-state index contributed by atoms with van der Waals surface area (Å²) in [5.74, 6) is -0.465. The van der Waals surface area contributed by atoms with E-state index < -0.39 is 5.97 Å². The van der Waals surface area contributed by atoms with Crippen LogP contribution in [0.15, 0.2) is 61.1 Å². The number of rotatable bonds is 6. The van der Waals surface area contributed by atoms with Gasteiger partial charge in [0.2, 0.25) is 5.91 Å². The van der Waals surface area contributed by atoms with Gasteiger partial charge in [-0.3, -0.25) is 9.69 Å². The van der Waals surface area contributed by atoms with Crippen LogP contribution in [-0.2, 0) is 9.53 Å². The fourth-order valence-corrected chi connectivity index (χ4v) is 5.57. The van der Waals surface area contributed by atoms with Gasteiger partial charge in [-0.15, -0.1) is 5.10 Å². The van der Waals surface area contributed by atoms with E-state index in [9.17, 15) is 14.7 Å². The number of carboxylic acids is 1. The van der Waals surface area contributed by atoms with Gasteiger partial charge in [0.05, 0.1) is 24.0 Å². The summed E-state index contributed by atoms with van der Waals surface area (Å²) in [6.07, 6.45) is 9.72. The Morgan fingerprint density at radius 2 is 1.82 bits per heavy atom. The minimum Gasteiger partial charge on any atom is -0.477 e. The van der Waals surface area contributed by atoms with E-state index in [1.807, 2.05) is 59.3 Å². The summed E-state index contributed by atoms with van der Waals surface area (Å²) in [6, 6.07) is 13.3. The number of ether oxygens (including phenoxy) is 1. The Labute approximate surface area is 220 Å². The normalized spacial score (nSPS) is 21.6. The maximum Gasteiger partial charge on any atom is 0.341 e. The van der Waals surface area contributed by atoms with E-state index in [2.05, 4.69) is 17.0 Å². The van der Waals surface area contributed by atoms with Crippen LogP contribution >= 0.6 is 0 Å². The molecule has 1 saturated carbocycles. The second kappa shape index (κ2) is 10.1. The van der Waals surface area contributed by atoms with Crippen molar-refractivity contribution < 1.29 is 19.4 Å². The Kier molecular flexibility index (Phi) is 6.45. The number of fused-ring (bicyclic) bond motifs is 1. The summed E-state index contributed by atoms with van der Waals surface area (Å²) in [5.41, 5.74) is 3.36. The van der Waals surface area contributed by atoms with E-state index in [1.165, 1.54) is 6.20 Å². The minimum absolute atomic E-state index is 0.0128. The highest BCUT2D eigenvalue weighted by Gasteiger charge is 2.38. The van der Waals surface area contributed by atoms with Gasteiger partial charge < -0.3 is 14.2 Å². The van der Waals surface area contributed by atoms with E-state index in [4.69, 9.17) is 4.74 Å². The smallest absolute Gasteiger partial charge is 0.341 e. The number of amides is 1. The largest absolute Gasteiger partial charge is 0.477 e. The molecule has 1 aliphatic heterocycles. The third kappa shape index (κ3) is 4.58. The van der Waals surface area contributed by atoms with Crippen LogP contribution in [0.4, 0.5) is 5.82 Å². The van der Waals surface area contributed by atoms with Gasteiger partial charge in [0, 0.05) is 36.7 Å². The Morgan fingerprint density at radius 1 is 1.03 bits per heavy atom. The molecule has 1 atom stereocenters. The molecule has 1 N–H and O–H groups in total. The summed E-state index contributed by atoms with van der Waals surface area (Å²) in [4.78, 5) is 32.4. The van der Waals surface area contributed by atoms with Crippen molar-refractivity contribution in [1.82, 2.24) is 19.2 Å². The molecule has 3 aromatic heterocycles. The molecule has 196 valence electrons. The van der Waals surface area contributed by atoms with Crippen molar-refractivity contribution in [3.63, 3.8) is 0 Å². The number of aromatic carboxylic acids is 1. The third-order valence-electron chi connectivity index (χ3n) is 7.82. The van der Waals surface area contributed by atoms with Crippen molar-refractivity contribution >= 4 is 23.3 Å². The highest BCUT2D eigenvalue weighted by atomic mass is 16.5. The molecule has 2 fully saturated rings. The zero-order chi connectivity index (χ0) is 26.2. The second-order valence-corrected chi connectivity index (χ2v) is 10.4. The summed E-state index contributed by atoms with van der Waals surface area (Å²) in [5, 5.41) is 14.8. The first-order valence-electron chi connectivity index (χ1n) is 13.3. The predicted molar refractivity (Wildman–Crippen MR) is 143 cm³/mol. The zero-order valence-corrected chi connectivity index (χ0v) is 21.4. The van der Waals surface area contributed by atoms with Crippen LogP contribution in [0.3, 0.4) is 0 Å². The molecule has 9 heteroatoms. The topological polar surface area (TPSA) is 102 Å². The summed E-state index contributed by atoms with van der Waals surface area (Å²) in [6.45, 7) is 3.14. The average molecular weight is 514 g/mol. The standard InChI is InChI=1S/C29H31N5O4/c1-19-5-7-21(8-6-19)28(35)34(23-13-15-38-18-23)27-24(29(36)37)16-33(31-27)22-11-9-20(10-12-22)25-17-32-14-3-2-4-26(32)30-25/h2-4,9-12,14,16-17,19,21,23H,5-8,13,15,18H2,1H3,(H,36,37)/t19-,21-,23?. The number of pyridine rings is 1.